The van der Waals surface area contributed by atoms with Crippen molar-refractivity contribution >= 4 is 22.7 Å². The van der Waals surface area contributed by atoms with Crippen LogP contribution < -0.4 is 0 Å². The van der Waals surface area contributed by atoms with Crippen LogP contribution in [0.15, 0.2) is 34.1 Å². The molecule has 0 amide bonds. The normalized spacial score (nSPS) is 12.0. The SMILES string of the molecule is CCN(CC)S(=O)(=O)c1ccc(S)cc1. The highest BCUT2D eigenvalue weighted by Gasteiger charge is 2.20. The third-order valence-electron chi connectivity index (χ3n) is 2.18. The highest BCUT2D eigenvalue weighted by Crippen LogP contribution is 2.17. The molecule has 0 heterocycles. The van der Waals surface area contributed by atoms with E-state index < -0.39 is 10.0 Å². The molecule has 0 aliphatic heterocycles. The minimum Gasteiger partial charge on any atom is -0.207 e. The zero-order valence-electron chi connectivity index (χ0n) is 8.84. The van der Waals surface area contributed by atoms with Gasteiger partial charge in [-0.15, -0.1) is 12.6 Å². The molecule has 5 heteroatoms. The maximum absolute atomic E-state index is 12.0. The second-order valence-electron chi connectivity index (χ2n) is 3.08. The van der Waals surface area contributed by atoms with Crippen molar-refractivity contribution < 1.29 is 8.42 Å². The van der Waals surface area contributed by atoms with Crippen molar-refractivity contribution in [3.05, 3.63) is 24.3 Å². The van der Waals surface area contributed by atoms with Gasteiger partial charge in [0.2, 0.25) is 10.0 Å². The second-order valence-corrected chi connectivity index (χ2v) is 5.54. The molecule has 0 bridgehead atoms. The Kier molecular flexibility index (Phi) is 4.19. The lowest BCUT2D eigenvalue weighted by Gasteiger charge is -2.18. The lowest BCUT2D eigenvalue weighted by molar-refractivity contribution is 0.445. The van der Waals surface area contributed by atoms with Gasteiger partial charge in [0.15, 0.2) is 0 Å². The summed E-state index contributed by atoms with van der Waals surface area (Å²) in [4.78, 5) is 1.08. The monoisotopic (exact) mass is 245 g/mol. The fraction of sp³-hybridized carbons (Fsp3) is 0.400. The van der Waals surface area contributed by atoms with E-state index in [1.54, 1.807) is 24.3 Å². The lowest BCUT2D eigenvalue weighted by Crippen LogP contribution is -2.30. The molecule has 0 spiro atoms. The summed E-state index contributed by atoms with van der Waals surface area (Å²) in [5.41, 5.74) is 0. The number of hydrogen-bond donors (Lipinski definition) is 1. The summed E-state index contributed by atoms with van der Waals surface area (Å²) in [6.45, 7) is 4.63. The van der Waals surface area contributed by atoms with Crippen LogP contribution in [0, 0.1) is 0 Å². The van der Waals surface area contributed by atoms with Crippen molar-refractivity contribution in [1.82, 2.24) is 4.31 Å². The Bertz CT molecular complexity index is 408. The van der Waals surface area contributed by atoms with Crippen LogP contribution in [0.5, 0.6) is 0 Å². The van der Waals surface area contributed by atoms with Crippen molar-refractivity contribution in [2.45, 2.75) is 23.6 Å². The van der Waals surface area contributed by atoms with Gasteiger partial charge in [-0.3, -0.25) is 0 Å². The molecule has 0 aromatic heterocycles. The van der Waals surface area contributed by atoms with Gasteiger partial charge in [0.05, 0.1) is 4.90 Å². The summed E-state index contributed by atoms with van der Waals surface area (Å²) in [6, 6.07) is 6.52. The van der Waals surface area contributed by atoms with Gasteiger partial charge in [0.25, 0.3) is 0 Å². The van der Waals surface area contributed by atoms with E-state index in [-0.39, 0.29) is 0 Å². The number of nitrogens with zero attached hydrogens (tertiary/aromatic N) is 1. The number of sulfonamides is 1. The van der Waals surface area contributed by atoms with Crippen molar-refractivity contribution in [2.24, 2.45) is 0 Å². The molecule has 0 saturated heterocycles. The van der Waals surface area contributed by atoms with Crippen LogP contribution in [0.3, 0.4) is 0 Å². The minimum absolute atomic E-state index is 0.323. The Hall–Kier alpha value is -0.520. The van der Waals surface area contributed by atoms with Crippen molar-refractivity contribution in [3.63, 3.8) is 0 Å². The van der Waals surface area contributed by atoms with Crippen LogP contribution in [0.25, 0.3) is 0 Å². The molecule has 0 fully saturated rings. The van der Waals surface area contributed by atoms with E-state index >= 15 is 0 Å². The maximum atomic E-state index is 12.0. The highest BCUT2D eigenvalue weighted by molar-refractivity contribution is 7.89. The molecule has 1 aromatic rings. The first-order valence-electron chi connectivity index (χ1n) is 4.81. The summed E-state index contributed by atoms with van der Waals surface area (Å²) in [5.74, 6) is 0. The molecule has 1 rings (SSSR count). The van der Waals surface area contributed by atoms with Crippen LogP contribution in [0.1, 0.15) is 13.8 Å². The van der Waals surface area contributed by atoms with Crippen LogP contribution in [-0.4, -0.2) is 25.8 Å². The Labute approximate surface area is 96.6 Å². The van der Waals surface area contributed by atoms with Gasteiger partial charge in [0, 0.05) is 18.0 Å². The maximum Gasteiger partial charge on any atom is 0.243 e. The van der Waals surface area contributed by atoms with Crippen LogP contribution in [0.4, 0.5) is 0 Å². The molecular formula is C10H15NO2S2. The quantitative estimate of drug-likeness (QED) is 0.824. The van der Waals surface area contributed by atoms with Crippen LogP contribution >= 0.6 is 12.6 Å². The predicted octanol–water partition coefficient (Wildman–Crippen LogP) is 2.01. The molecule has 0 atom stereocenters. The first-order chi connectivity index (χ1) is 7.02. The zero-order chi connectivity index (χ0) is 11.5. The average Bonchev–Trinajstić information content (AvgIpc) is 2.19. The van der Waals surface area contributed by atoms with Gasteiger partial charge in [-0.2, -0.15) is 4.31 Å². The third-order valence-corrected chi connectivity index (χ3v) is 4.54. The van der Waals surface area contributed by atoms with Gasteiger partial charge in [-0.1, -0.05) is 13.8 Å². The molecule has 15 heavy (non-hydrogen) atoms. The molecule has 84 valence electrons. The number of benzene rings is 1. The Morgan fingerprint density at radius 1 is 1.13 bits per heavy atom. The fourth-order valence-corrected chi connectivity index (χ4v) is 2.94. The molecule has 1 aromatic carbocycles. The van der Waals surface area contributed by atoms with E-state index in [4.69, 9.17) is 0 Å². The summed E-state index contributed by atoms with van der Waals surface area (Å²) < 4.78 is 25.4. The smallest absolute Gasteiger partial charge is 0.207 e. The topological polar surface area (TPSA) is 37.4 Å². The molecule has 0 saturated carbocycles. The van der Waals surface area contributed by atoms with Gasteiger partial charge < -0.3 is 0 Å². The average molecular weight is 245 g/mol. The summed E-state index contributed by atoms with van der Waals surface area (Å²) in [7, 11) is -3.32. The zero-order valence-corrected chi connectivity index (χ0v) is 10.6. The molecule has 0 unspecified atom stereocenters. The van der Waals surface area contributed by atoms with Crippen molar-refractivity contribution in [2.75, 3.05) is 13.1 Å². The number of thiol groups is 1. The summed E-state index contributed by atoms with van der Waals surface area (Å²) in [5, 5.41) is 0. The second kappa shape index (κ2) is 5.01. The third kappa shape index (κ3) is 2.74. The van der Waals surface area contributed by atoms with E-state index in [9.17, 15) is 8.42 Å². The largest absolute Gasteiger partial charge is 0.243 e. The van der Waals surface area contributed by atoms with E-state index in [2.05, 4.69) is 12.6 Å². The lowest BCUT2D eigenvalue weighted by atomic mass is 10.4. The first-order valence-corrected chi connectivity index (χ1v) is 6.70. The predicted molar refractivity (Wildman–Crippen MR) is 63.8 cm³/mol. The number of rotatable bonds is 4. The Balaban J connectivity index is 3.11. The molecule has 3 nitrogen and oxygen atoms in total. The standard InChI is InChI=1S/C10H15NO2S2/c1-3-11(4-2)15(12,13)10-7-5-9(14)6-8-10/h5-8,14H,3-4H2,1-2H3. The van der Waals surface area contributed by atoms with E-state index in [0.29, 0.717) is 18.0 Å². The van der Waals surface area contributed by atoms with Gasteiger partial charge in [-0.05, 0) is 24.3 Å². The minimum atomic E-state index is -3.32. The molecular weight excluding hydrogens is 230 g/mol. The van der Waals surface area contributed by atoms with Crippen molar-refractivity contribution in [3.8, 4) is 0 Å². The summed E-state index contributed by atoms with van der Waals surface area (Å²) in [6.07, 6.45) is 0. The molecule has 0 N–H and O–H groups in total. The van der Waals surface area contributed by atoms with Gasteiger partial charge >= 0.3 is 0 Å². The van der Waals surface area contributed by atoms with Gasteiger partial charge in [-0.25, -0.2) is 8.42 Å². The number of hydrogen-bond acceptors (Lipinski definition) is 3. The van der Waals surface area contributed by atoms with Crippen LogP contribution in [-0.2, 0) is 10.0 Å². The molecule has 0 aliphatic rings. The van der Waals surface area contributed by atoms with E-state index in [0.717, 1.165) is 4.90 Å². The van der Waals surface area contributed by atoms with E-state index in [1.807, 2.05) is 13.8 Å². The molecule has 0 radical (unpaired) electrons. The fourth-order valence-electron chi connectivity index (χ4n) is 1.33. The van der Waals surface area contributed by atoms with Crippen LogP contribution in [0.2, 0.25) is 0 Å². The Morgan fingerprint density at radius 2 is 1.60 bits per heavy atom. The summed E-state index contributed by atoms with van der Waals surface area (Å²) >= 11 is 4.12. The highest BCUT2D eigenvalue weighted by atomic mass is 32.2. The first kappa shape index (κ1) is 12.5. The van der Waals surface area contributed by atoms with E-state index in [1.165, 1.54) is 4.31 Å². The Morgan fingerprint density at radius 3 is 2.00 bits per heavy atom. The van der Waals surface area contributed by atoms with Gasteiger partial charge in [0.1, 0.15) is 0 Å². The van der Waals surface area contributed by atoms with Crippen molar-refractivity contribution in [1.29, 1.82) is 0 Å². The molecule has 0 aliphatic carbocycles.